The zero-order chi connectivity index (χ0) is 11.1. The molecule has 0 spiro atoms. The standard InChI is InChI=1S/C9H11FO4/c1-9(2)4(6(9)8(13)14)3-5(10)7(11)12/h3-4,6H,1-2H3,(H,11,12)(H,13,14). The van der Waals surface area contributed by atoms with E-state index in [1.54, 1.807) is 13.8 Å². The van der Waals surface area contributed by atoms with Gasteiger partial charge in [-0.05, 0) is 17.4 Å². The molecule has 0 saturated heterocycles. The molecule has 0 radical (unpaired) electrons. The molecule has 1 aliphatic carbocycles. The Labute approximate surface area is 80.0 Å². The Morgan fingerprint density at radius 1 is 1.36 bits per heavy atom. The SMILES string of the molecule is CC1(C)C(C=C(F)C(=O)O)C1C(=O)O. The Morgan fingerprint density at radius 2 is 1.86 bits per heavy atom. The fourth-order valence-electron chi connectivity index (χ4n) is 1.69. The van der Waals surface area contributed by atoms with E-state index >= 15 is 0 Å². The lowest BCUT2D eigenvalue weighted by atomic mass is 10.1. The summed E-state index contributed by atoms with van der Waals surface area (Å²) in [7, 11) is 0. The second-order valence-corrected chi connectivity index (χ2v) is 3.98. The minimum Gasteiger partial charge on any atom is -0.481 e. The molecule has 0 heterocycles. The number of rotatable bonds is 3. The van der Waals surface area contributed by atoms with Crippen LogP contribution in [0.25, 0.3) is 0 Å². The fraction of sp³-hybridized carbons (Fsp3) is 0.556. The van der Waals surface area contributed by atoms with Crippen molar-refractivity contribution in [2.45, 2.75) is 13.8 Å². The van der Waals surface area contributed by atoms with Gasteiger partial charge in [0.25, 0.3) is 0 Å². The second-order valence-electron chi connectivity index (χ2n) is 3.98. The number of aliphatic carboxylic acids is 2. The molecular formula is C9H11FO4. The summed E-state index contributed by atoms with van der Waals surface area (Å²) in [4.78, 5) is 20.8. The highest BCUT2D eigenvalue weighted by Gasteiger charge is 2.61. The van der Waals surface area contributed by atoms with E-state index in [4.69, 9.17) is 10.2 Å². The molecule has 0 aliphatic heterocycles. The minimum absolute atomic E-state index is 0.531. The second kappa shape index (κ2) is 3.08. The van der Waals surface area contributed by atoms with Gasteiger partial charge >= 0.3 is 11.9 Å². The number of allylic oxidation sites excluding steroid dienone is 1. The molecule has 0 bridgehead atoms. The largest absolute Gasteiger partial charge is 0.481 e. The van der Waals surface area contributed by atoms with Crippen molar-refractivity contribution < 1.29 is 24.2 Å². The number of carbonyl (C=O) groups is 2. The predicted molar refractivity (Wildman–Crippen MR) is 45.2 cm³/mol. The van der Waals surface area contributed by atoms with Gasteiger partial charge in [0.1, 0.15) is 0 Å². The fourth-order valence-corrected chi connectivity index (χ4v) is 1.69. The van der Waals surface area contributed by atoms with Gasteiger partial charge in [-0.25, -0.2) is 4.79 Å². The zero-order valence-electron chi connectivity index (χ0n) is 7.82. The molecule has 78 valence electrons. The van der Waals surface area contributed by atoms with E-state index in [0.717, 1.165) is 6.08 Å². The molecule has 2 unspecified atom stereocenters. The molecule has 0 amide bonds. The molecule has 14 heavy (non-hydrogen) atoms. The Morgan fingerprint density at radius 3 is 2.14 bits per heavy atom. The smallest absolute Gasteiger partial charge is 0.364 e. The molecule has 1 aliphatic rings. The Hall–Kier alpha value is -1.39. The molecule has 1 fully saturated rings. The quantitative estimate of drug-likeness (QED) is 0.676. The molecule has 0 aromatic rings. The van der Waals surface area contributed by atoms with E-state index in [-0.39, 0.29) is 0 Å². The number of carboxylic acid groups (broad SMARTS) is 2. The van der Waals surface area contributed by atoms with Crippen molar-refractivity contribution in [2.75, 3.05) is 0 Å². The number of hydrogen-bond donors (Lipinski definition) is 2. The highest BCUT2D eigenvalue weighted by molar-refractivity contribution is 5.84. The maximum Gasteiger partial charge on any atom is 0.364 e. The van der Waals surface area contributed by atoms with Gasteiger partial charge in [-0.3, -0.25) is 4.79 Å². The van der Waals surface area contributed by atoms with E-state index in [2.05, 4.69) is 0 Å². The summed E-state index contributed by atoms with van der Waals surface area (Å²) in [6.07, 6.45) is 0.876. The first-order valence-corrected chi connectivity index (χ1v) is 4.12. The van der Waals surface area contributed by atoms with Crippen LogP contribution in [0, 0.1) is 17.3 Å². The highest BCUT2D eigenvalue weighted by Crippen LogP contribution is 2.59. The summed E-state index contributed by atoms with van der Waals surface area (Å²) < 4.78 is 12.7. The van der Waals surface area contributed by atoms with Gasteiger partial charge < -0.3 is 10.2 Å². The molecule has 1 saturated carbocycles. The van der Waals surface area contributed by atoms with Crippen LogP contribution in [0.1, 0.15) is 13.8 Å². The van der Waals surface area contributed by atoms with Crippen LogP contribution in [0.2, 0.25) is 0 Å². The van der Waals surface area contributed by atoms with Crippen LogP contribution >= 0.6 is 0 Å². The number of carboxylic acids is 2. The molecule has 1 rings (SSSR count). The van der Waals surface area contributed by atoms with Crippen molar-refractivity contribution in [3.8, 4) is 0 Å². The first-order chi connectivity index (χ1) is 6.28. The molecule has 2 atom stereocenters. The van der Waals surface area contributed by atoms with Crippen molar-refractivity contribution in [3.63, 3.8) is 0 Å². The monoisotopic (exact) mass is 202 g/mol. The lowest BCUT2D eigenvalue weighted by Gasteiger charge is -1.96. The lowest BCUT2D eigenvalue weighted by Crippen LogP contribution is -2.03. The van der Waals surface area contributed by atoms with Gasteiger partial charge in [0.2, 0.25) is 5.83 Å². The number of halogens is 1. The van der Waals surface area contributed by atoms with E-state index in [9.17, 15) is 14.0 Å². The Kier molecular flexibility index (Phi) is 2.35. The lowest BCUT2D eigenvalue weighted by molar-refractivity contribution is -0.139. The first kappa shape index (κ1) is 10.7. The maximum absolute atomic E-state index is 12.7. The minimum atomic E-state index is -1.66. The van der Waals surface area contributed by atoms with E-state index < -0.39 is 35.0 Å². The van der Waals surface area contributed by atoms with Gasteiger partial charge in [0.05, 0.1) is 5.92 Å². The molecule has 2 N–H and O–H groups in total. The third kappa shape index (κ3) is 1.62. The molecule has 5 heteroatoms. The van der Waals surface area contributed by atoms with Gasteiger partial charge in [-0.1, -0.05) is 13.8 Å². The molecule has 0 aromatic carbocycles. The van der Waals surface area contributed by atoms with Crippen LogP contribution in [0.15, 0.2) is 11.9 Å². The summed E-state index contributed by atoms with van der Waals surface area (Å²) >= 11 is 0. The van der Waals surface area contributed by atoms with Crippen molar-refractivity contribution in [1.29, 1.82) is 0 Å². The van der Waals surface area contributed by atoms with Crippen molar-refractivity contribution in [1.82, 2.24) is 0 Å². The Balaban J connectivity index is 2.80. The van der Waals surface area contributed by atoms with E-state index in [1.807, 2.05) is 0 Å². The van der Waals surface area contributed by atoms with Crippen LogP contribution in [0.5, 0.6) is 0 Å². The van der Waals surface area contributed by atoms with Crippen molar-refractivity contribution in [3.05, 3.63) is 11.9 Å². The van der Waals surface area contributed by atoms with Crippen LogP contribution < -0.4 is 0 Å². The van der Waals surface area contributed by atoms with E-state index in [1.165, 1.54) is 0 Å². The average Bonchev–Trinajstić information content (AvgIpc) is 2.52. The summed E-state index contributed by atoms with van der Waals surface area (Å²) in [6, 6.07) is 0. The van der Waals surface area contributed by atoms with Gasteiger partial charge in [0, 0.05) is 0 Å². The predicted octanol–water partition coefficient (Wildman–Crippen LogP) is 1.28. The van der Waals surface area contributed by atoms with Gasteiger partial charge in [-0.15, -0.1) is 0 Å². The van der Waals surface area contributed by atoms with Crippen LogP contribution in [0.3, 0.4) is 0 Å². The van der Waals surface area contributed by atoms with Crippen molar-refractivity contribution in [2.24, 2.45) is 17.3 Å². The molecule has 0 aromatic heterocycles. The third-order valence-corrected chi connectivity index (χ3v) is 2.71. The average molecular weight is 202 g/mol. The maximum atomic E-state index is 12.7. The zero-order valence-corrected chi connectivity index (χ0v) is 7.82. The summed E-state index contributed by atoms with van der Waals surface area (Å²) in [6.45, 7) is 3.34. The van der Waals surface area contributed by atoms with Crippen LogP contribution in [-0.2, 0) is 9.59 Å². The summed E-state index contributed by atoms with van der Waals surface area (Å²) in [5, 5.41) is 17.0. The van der Waals surface area contributed by atoms with Crippen LogP contribution in [-0.4, -0.2) is 22.2 Å². The Bertz CT molecular complexity index is 319. The molecule has 4 nitrogen and oxygen atoms in total. The normalized spacial score (nSPS) is 29.8. The van der Waals surface area contributed by atoms with Crippen molar-refractivity contribution >= 4 is 11.9 Å². The van der Waals surface area contributed by atoms with E-state index in [0.29, 0.717) is 0 Å². The first-order valence-electron chi connectivity index (χ1n) is 4.12. The topological polar surface area (TPSA) is 74.6 Å². The summed E-state index contributed by atoms with van der Waals surface area (Å²) in [5.74, 6) is -5.18. The van der Waals surface area contributed by atoms with Gasteiger partial charge in [0.15, 0.2) is 0 Å². The molecular weight excluding hydrogens is 191 g/mol. The van der Waals surface area contributed by atoms with Crippen LogP contribution in [0.4, 0.5) is 4.39 Å². The summed E-state index contributed by atoms with van der Waals surface area (Å²) in [5.41, 5.74) is -0.557. The van der Waals surface area contributed by atoms with Gasteiger partial charge in [-0.2, -0.15) is 4.39 Å². The third-order valence-electron chi connectivity index (χ3n) is 2.71. The number of hydrogen-bond acceptors (Lipinski definition) is 2. The highest BCUT2D eigenvalue weighted by atomic mass is 19.1.